The van der Waals surface area contributed by atoms with Gasteiger partial charge >= 0.3 is 16.5 Å². The normalized spacial score (nSPS) is 13.1. The summed E-state index contributed by atoms with van der Waals surface area (Å²) in [4.78, 5) is 45.3. The second-order valence-electron chi connectivity index (χ2n) is 12.0. The Balaban J connectivity index is -0.000000250. The molecule has 0 bridgehead atoms. The van der Waals surface area contributed by atoms with Crippen molar-refractivity contribution < 1.29 is 78.5 Å². The van der Waals surface area contributed by atoms with Gasteiger partial charge in [0.1, 0.15) is 0 Å². The van der Waals surface area contributed by atoms with Gasteiger partial charge in [-0.15, -0.1) is 0 Å². The second kappa shape index (κ2) is 41.0. The Morgan fingerprint density at radius 2 is 0.881 bits per heavy atom. The smallest absolute Gasteiger partial charge is 0.872 e. The average molecular weight is 894 g/mol. The molecule has 0 spiro atoms. The molecular formula is C34H58N8NiO16. The maximum absolute atomic E-state index is 11.6. The number of non-ortho nitro benzene ring substituents is 2. The molecule has 2 aromatic carbocycles. The summed E-state index contributed by atoms with van der Waals surface area (Å²) in [7, 11) is 2.00. The van der Waals surface area contributed by atoms with Gasteiger partial charge in [0.25, 0.3) is 11.4 Å². The fourth-order valence-electron chi connectivity index (χ4n) is 5.64. The van der Waals surface area contributed by atoms with Crippen molar-refractivity contribution in [3.05, 3.63) is 98.4 Å². The molecule has 0 saturated heterocycles. The molecule has 25 heteroatoms. The third-order valence-electron chi connectivity index (χ3n) is 8.15. The Labute approximate surface area is 351 Å². The van der Waals surface area contributed by atoms with Crippen LogP contribution in [0.1, 0.15) is 88.2 Å². The van der Waals surface area contributed by atoms with E-state index >= 15 is 0 Å². The summed E-state index contributed by atoms with van der Waals surface area (Å²) < 4.78 is 0. The van der Waals surface area contributed by atoms with Gasteiger partial charge in [-0.3, -0.25) is 30.2 Å². The molecule has 340 valence electrons. The van der Waals surface area contributed by atoms with E-state index in [1.165, 1.54) is 113 Å². The van der Waals surface area contributed by atoms with E-state index < -0.39 is 20.0 Å². The van der Waals surface area contributed by atoms with Gasteiger partial charge in [0.2, 0.25) is 0 Å². The quantitative estimate of drug-likeness (QED) is 0.0629. The molecule has 0 aromatic heterocycles. The molecule has 2 fully saturated rings. The van der Waals surface area contributed by atoms with Crippen molar-refractivity contribution >= 4 is 23.8 Å². The molecule has 4 rings (SSSR count). The number of hydrogen-bond acceptors (Lipinski definition) is 16. The van der Waals surface area contributed by atoms with E-state index in [1.54, 1.807) is 0 Å². The van der Waals surface area contributed by atoms with Crippen LogP contribution in [0.2, 0.25) is 0 Å². The minimum atomic E-state index is -1.75. The van der Waals surface area contributed by atoms with Crippen molar-refractivity contribution in [3.63, 3.8) is 0 Å². The number of nitrogens with zero attached hydrogens (tertiary/aromatic N) is 6. The minimum Gasteiger partial charge on any atom is -0.872 e. The first kappa shape index (κ1) is 63.0. The SMILES string of the molecule is CO.CO.O.O.O=[N+]([O-])[O-].O=[N+]([O-])[O-].O=[N+]([O-])c1ccc([O-])c(C=NCCC[NH2+]C2CCCCC2)c1.O=[N+]([O-])c1ccc([O-])c(C=NCCC[NH2+]C2CCCCC2)c1.[Ni+2]. The van der Waals surface area contributed by atoms with Crippen LogP contribution in [0.4, 0.5) is 11.4 Å². The number of nitro benzene ring substituents is 2. The summed E-state index contributed by atoms with van der Waals surface area (Å²) >= 11 is 0. The molecule has 24 nitrogen and oxygen atoms in total. The van der Waals surface area contributed by atoms with Crippen molar-refractivity contribution in [2.45, 2.75) is 89.1 Å². The minimum absolute atomic E-state index is 0. The van der Waals surface area contributed by atoms with Crippen LogP contribution in [-0.4, -0.2) is 106 Å². The largest absolute Gasteiger partial charge is 2.00 e. The Bertz CT molecular complexity index is 1350. The van der Waals surface area contributed by atoms with Gasteiger partial charge in [0, 0.05) is 76.8 Å². The Hall–Kier alpha value is -5.17. The Morgan fingerprint density at radius 1 is 0.593 bits per heavy atom. The van der Waals surface area contributed by atoms with E-state index in [2.05, 4.69) is 20.6 Å². The topological polar surface area (TPSA) is 426 Å². The standard InChI is InChI=1S/2C16H23N3O3.2CH4O.2NO3.Ni.2H2O/c2*20-16-8-7-15(19(21)22)11-13(16)12-17-9-4-10-18-14-5-2-1-3-6-14;2*1-2;2*2-1(3)4;;;/h2*7-8,11-12,14,18,20H,1-6,9-10H2;2*2H,1H3;;;;2*1H2/q;;;;2*-1;+2;;. The molecule has 0 unspecified atom stereocenters. The number of hydrogen-bond donors (Lipinski definition) is 4. The second-order valence-corrected chi connectivity index (χ2v) is 12.0. The molecule has 2 aliphatic carbocycles. The number of quaternary nitrogens is 2. The predicted octanol–water partition coefficient (Wildman–Crippen LogP) is -0.166. The summed E-state index contributed by atoms with van der Waals surface area (Å²) in [5, 5.41) is 92.9. The van der Waals surface area contributed by atoms with Gasteiger partial charge in [-0.25, -0.2) is 0 Å². The van der Waals surface area contributed by atoms with Gasteiger partial charge in [-0.05, 0) is 62.5 Å². The van der Waals surface area contributed by atoms with E-state index in [4.69, 9.17) is 40.9 Å². The van der Waals surface area contributed by atoms with Crippen LogP contribution in [0.3, 0.4) is 0 Å². The van der Waals surface area contributed by atoms with Crippen LogP contribution in [0.15, 0.2) is 46.4 Å². The molecular weight excluding hydrogens is 835 g/mol. The summed E-state index contributed by atoms with van der Waals surface area (Å²) in [5.41, 5.74) is 0.411. The molecule has 59 heavy (non-hydrogen) atoms. The van der Waals surface area contributed by atoms with Crippen LogP contribution in [0, 0.1) is 50.9 Å². The molecule has 2 aliphatic rings. The van der Waals surface area contributed by atoms with Crippen LogP contribution >= 0.6 is 0 Å². The first-order chi connectivity index (χ1) is 26.8. The maximum atomic E-state index is 11.6. The molecule has 2 aromatic rings. The van der Waals surface area contributed by atoms with Gasteiger partial charge in [-0.1, -0.05) is 36.5 Å². The first-order valence-corrected chi connectivity index (χ1v) is 17.9. The Morgan fingerprint density at radius 3 is 1.15 bits per heavy atom. The van der Waals surface area contributed by atoms with Crippen LogP contribution in [0.5, 0.6) is 11.5 Å². The number of aliphatic hydroxyl groups is 2. The van der Waals surface area contributed by atoms with E-state index in [9.17, 15) is 30.4 Å². The third-order valence-corrected chi connectivity index (χ3v) is 8.15. The van der Waals surface area contributed by atoms with Crippen molar-refractivity contribution in [1.82, 2.24) is 0 Å². The van der Waals surface area contributed by atoms with Crippen LogP contribution < -0.4 is 20.8 Å². The van der Waals surface area contributed by atoms with E-state index in [1.807, 2.05) is 0 Å². The van der Waals surface area contributed by atoms with Crippen molar-refractivity contribution in [3.8, 4) is 11.5 Å². The van der Waals surface area contributed by atoms with E-state index in [0.717, 1.165) is 52.2 Å². The molecule has 0 heterocycles. The number of rotatable bonds is 14. The van der Waals surface area contributed by atoms with Crippen molar-refractivity contribution in [2.75, 3.05) is 40.4 Å². The molecule has 0 radical (unpaired) electrons. The molecule has 10 N–H and O–H groups in total. The molecule has 0 amide bonds. The number of aliphatic hydroxyl groups excluding tert-OH is 2. The summed E-state index contributed by atoms with van der Waals surface area (Å²) in [6.07, 6.45) is 18.2. The van der Waals surface area contributed by atoms with Gasteiger partial charge < -0.3 is 72.7 Å². The number of nitrogens with two attached hydrogens (primary N) is 2. The summed E-state index contributed by atoms with van der Waals surface area (Å²) in [5.74, 6) is -0.466. The average Bonchev–Trinajstić information content (AvgIpc) is 3.18. The fourth-order valence-corrected chi connectivity index (χ4v) is 5.64. The molecule has 2 saturated carbocycles. The van der Waals surface area contributed by atoms with Crippen LogP contribution in [0.25, 0.3) is 0 Å². The zero-order valence-electron chi connectivity index (χ0n) is 33.0. The number of nitro groups is 2. The van der Waals surface area contributed by atoms with Gasteiger partial charge in [0.15, 0.2) is 0 Å². The fraction of sp³-hybridized carbons (Fsp3) is 0.588. The predicted molar refractivity (Wildman–Crippen MR) is 211 cm³/mol. The number of aliphatic imine (C=N–C) groups is 2. The van der Waals surface area contributed by atoms with Crippen molar-refractivity contribution in [2.24, 2.45) is 9.98 Å². The summed E-state index contributed by atoms with van der Waals surface area (Å²) in [6.45, 7) is 3.37. The maximum Gasteiger partial charge on any atom is 2.00 e. The van der Waals surface area contributed by atoms with Crippen molar-refractivity contribution in [1.29, 1.82) is 0 Å². The first-order valence-electron chi connectivity index (χ1n) is 17.9. The zero-order chi connectivity index (χ0) is 42.7. The monoisotopic (exact) mass is 892 g/mol. The Kier molecular flexibility index (Phi) is 43.8. The molecule has 0 atom stereocenters. The number of benzene rings is 2. The van der Waals surface area contributed by atoms with E-state index in [0.29, 0.717) is 13.1 Å². The third kappa shape index (κ3) is 34.6. The van der Waals surface area contributed by atoms with Gasteiger partial charge in [0.05, 0.1) is 45.2 Å². The van der Waals surface area contributed by atoms with Crippen LogP contribution in [-0.2, 0) is 16.5 Å². The molecule has 0 aliphatic heterocycles. The van der Waals surface area contributed by atoms with E-state index in [-0.39, 0.29) is 61.4 Å². The summed E-state index contributed by atoms with van der Waals surface area (Å²) in [6, 6.07) is 8.97. The van der Waals surface area contributed by atoms with Gasteiger partial charge in [-0.2, -0.15) is 0 Å². The zero-order valence-corrected chi connectivity index (χ0v) is 34.0.